The standard InChI is InChI=1S/C23H16N2O5S2/c1-12-6-20(31-10-12)22(26)15(7-13-2-5-18-19(8-13)30-11-29-18)21(23(27)28)14-3-4-16-17(9-14)25-32-24-16/h2-6,8-10H,7,11H2,1H3,(H,27,28). The summed E-state index contributed by atoms with van der Waals surface area (Å²) in [6.07, 6.45) is 0.126. The Kier molecular flexibility index (Phi) is 5.20. The molecule has 9 heteroatoms. The number of rotatable bonds is 6. The molecular formula is C23H16N2O5S2. The van der Waals surface area contributed by atoms with Crippen LogP contribution in [0.2, 0.25) is 0 Å². The molecule has 2 aromatic heterocycles. The monoisotopic (exact) mass is 464 g/mol. The molecule has 0 amide bonds. The molecule has 0 radical (unpaired) electrons. The van der Waals surface area contributed by atoms with Crippen molar-refractivity contribution in [1.82, 2.24) is 8.75 Å². The second-order valence-electron chi connectivity index (χ2n) is 7.31. The highest BCUT2D eigenvalue weighted by Crippen LogP contribution is 2.35. The van der Waals surface area contributed by atoms with E-state index >= 15 is 0 Å². The minimum atomic E-state index is -1.18. The number of nitrogens with zero attached hydrogens (tertiary/aromatic N) is 2. The van der Waals surface area contributed by atoms with E-state index in [2.05, 4.69) is 8.75 Å². The highest BCUT2D eigenvalue weighted by Gasteiger charge is 2.26. The Bertz CT molecular complexity index is 1400. The maximum absolute atomic E-state index is 13.5. The summed E-state index contributed by atoms with van der Waals surface area (Å²) >= 11 is 2.36. The second kappa shape index (κ2) is 8.18. The largest absolute Gasteiger partial charge is 0.478 e. The second-order valence-corrected chi connectivity index (χ2v) is 8.75. The van der Waals surface area contributed by atoms with Crippen LogP contribution in [0, 0.1) is 6.92 Å². The SMILES string of the molecule is Cc1csc(C(=O)C(Cc2ccc3c(c2)OCO3)=C(C(=O)O)c2ccc3nsnc3c2)c1. The number of benzene rings is 2. The van der Waals surface area contributed by atoms with Crippen LogP contribution >= 0.6 is 23.1 Å². The predicted octanol–water partition coefficient (Wildman–Crippen LogP) is 4.75. The molecule has 32 heavy (non-hydrogen) atoms. The molecule has 0 bridgehead atoms. The number of thiophene rings is 1. The van der Waals surface area contributed by atoms with Crippen LogP contribution in [-0.2, 0) is 11.2 Å². The van der Waals surface area contributed by atoms with Gasteiger partial charge in [0.1, 0.15) is 11.0 Å². The van der Waals surface area contributed by atoms with E-state index in [0.29, 0.717) is 33.0 Å². The lowest BCUT2D eigenvalue weighted by atomic mass is 9.91. The number of aryl methyl sites for hydroxylation is 1. The molecule has 4 aromatic rings. The van der Waals surface area contributed by atoms with E-state index < -0.39 is 5.97 Å². The van der Waals surface area contributed by atoms with E-state index in [0.717, 1.165) is 22.9 Å². The molecule has 2 aromatic carbocycles. The minimum Gasteiger partial charge on any atom is -0.478 e. The maximum Gasteiger partial charge on any atom is 0.336 e. The van der Waals surface area contributed by atoms with E-state index in [1.165, 1.54) is 11.3 Å². The van der Waals surface area contributed by atoms with Gasteiger partial charge in [0, 0.05) is 12.0 Å². The van der Waals surface area contributed by atoms with E-state index in [4.69, 9.17) is 9.47 Å². The molecule has 1 aliphatic heterocycles. The summed E-state index contributed by atoms with van der Waals surface area (Å²) in [6.45, 7) is 2.03. The van der Waals surface area contributed by atoms with Crippen LogP contribution < -0.4 is 9.47 Å². The van der Waals surface area contributed by atoms with Gasteiger partial charge in [0.25, 0.3) is 0 Å². The molecule has 5 rings (SSSR count). The molecule has 3 heterocycles. The highest BCUT2D eigenvalue weighted by molar-refractivity contribution is 7.12. The summed E-state index contributed by atoms with van der Waals surface area (Å²) in [4.78, 5) is 26.5. The number of carboxylic acids is 1. The Hall–Kier alpha value is -3.56. The van der Waals surface area contributed by atoms with Gasteiger partial charge in [-0.05, 0) is 59.3 Å². The van der Waals surface area contributed by atoms with Gasteiger partial charge in [-0.3, -0.25) is 4.79 Å². The number of carboxylic acid groups (broad SMARTS) is 1. The van der Waals surface area contributed by atoms with E-state index in [1.807, 2.05) is 18.4 Å². The minimum absolute atomic E-state index is 0.0476. The first kappa shape index (κ1) is 20.3. The van der Waals surface area contributed by atoms with Crippen molar-refractivity contribution < 1.29 is 24.2 Å². The highest BCUT2D eigenvalue weighted by atomic mass is 32.1. The van der Waals surface area contributed by atoms with Gasteiger partial charge in [-0.25, -0.2) is 4.79 Å². The number of ketones is 1. The first-order valence-corrected chi connectivity index (χ1v) is 11.3. The molecule has 0 atom stereocenters. The molecule has 0 saturated carbocycles. The lowest BCUT2D eigenvalue weighted by Gasteiger charge is -2.13. The number of carbonyl (C=O) groups excluding carboxylic acids is 1. The molecular weight excluding hydrogens is 448 g/mol. The third kappa shape index (κ3) is 3.76. The number of Topliss-reactive ketones (excluding diaryl/α,β-unsaturated/α-hetero) is 1. The van der Waals surface area contributed by atoms with Gasteiger partial charge in [0.2, 0.25) is 6.79 Å². The Morgan fingerprint density at radius 3 is 2.62 bits per heavy atom. The number of hydrogen-bond acceptors (Lipinski definition) is 8. The van der Waals surface area contributed by atoms with Gasteiger partial charge in [-0.15, -0.1) is 11.3 Å². The molecule has 1 aliphatic rings. The van der Waals surface area contributed by atoms with Crippen LogP contribution in [0.3, 0.4) is 0 Å². The predicted molar refractivity (Wildman–Crippen MR) is 122 cm³/mol. The normalized spacial score (nSPS) is 13.3. The Labute approximate surface area is 190 Å². The van der Waals surface area contributed by atoms with Crippen LogP contribution in [0.15, 0.2) is 53.4 Å². The van der Waals surface area contributed by atoms with Gasteiger partial charge < -0.3 is 14.6 Å². The van der Waals surface area contributed by atoms with E-state index in [9.17, 15) is 14.7 Å². The van der Waals surface area contributed by atoms with Gasteiger partial charge in [-0.1, -0.05) is 12.1 Å². The van der Waals surface area contributed by atoms with Crippen LogP contribution in [0.5, 0.6) is 11.5 Å². The lowest BCUT2D eigenvalue weighted by molar-refractivity contribution is -0.130. The lowest BCUT2D eigenvalue weighted by Crippen LogP contribution is -2.13. The number of ether oxygens (including phenoxy) is 2. The number of hydrogen-bond donors (Lipinski definition) is 1. The number of aromatic nitrogens is 2. The van der Waals surface area contributed by atoms with Crippen LogP contribution in [0.25, 0.3) is 16.6 Å². The quantitative estimate of drug-likeness (QED) is 0.325. The Morgan fingerprint density at radius 2 is 1.84 bits per heavy atom. The van der Waals surface area contributed by atoms with Gasteiger partial charge in [0.05, 0.1) is 22.2 Å². The fourth-order valence-electron chi connectivity index (χ4n) is 3.60. The molecule has 0 spiro atoms. The van der Waals surface area contributed by atoms with Crippen LogP contribution in [-0.4, -0.2) is 32.4 Å². The van der Waals surface area contributed by atoms with E-state index in [1.54, 1.807) is 36.4 Å². The maximum atomic E-state index is 13.5. The molecule has 0 unspecified atom stereocenters. The summed E-state index contributed by atoms with van der Waals surface area (Å²) in [5.41, 5.74) is 3.53. The Balaban J connectivity index is 1.67. The number of fused-ring (bicyclic) bond motifs is 2. The number of carbonyl (C=O) groups is 2. The van der Waals surface area contributed by atoms with Crippen LogP contribution in [0.4, 0.5) is 0 Å². The molecule has 7 nitrogen and oxygen atoms in total. The summed E-state index contributed by atoms with van der Waals surface area (Å²) in [6, 6.07) is 12.2. The summed E-state index contributed by atoms with van der Waals surface area (Å²) in [7, 11) is 0. The number of allylic oxidation sites excluding steroid dienone is 1. The fourth-order valence-corrected chi connectivity index (χ4v) is 4.98. The molecule has 0 fully saturated rings. The molecule has 160 valence electrons. The van der Waals surface area contributed by atoms with Crippen molar-refractivity contribution in [1.29, 1.82) is 0 Å². The topological polar surface area (TPSA) is 98.6 Å². The summed E-state index contributed by atoms with van der Waals surface area (Å²) in [5, 5.41) is 12.0. The first-order chi connectivity index (χ1) is 15.5. The molecule has 1 N–H and O–H groups in total. The zero-order valence-corrected chi connectivity index (χ0v) is 18.5. The molecule has 0 aliphatic carbocycles. The summed E-state index contributed by atoms with van der Waals surface area (Å²) < 4.78 is 19.2. The zero-order valence-electron chi connectivity index (χ0n) is 16.8. The van der Waals surface area contributed by atoms with Crippen molar-refractivity contribution in [2.24, 2.45) is 0 Å². The van der Waals surface area contributed by atoms with Crippen molar-refractivity contribution >= 4 is 51.4 Å². The third-order valence-corrected chi connectivity index (χ3v) is 6.71. The molecule has 0 saturated heterocycles. The Morgan fingerprint density at radius 1 is 1.03 bits per heavy atom. The average Bonchev–Trinajstić information content (AvgIpc) is 3.52. The smallest absolute Gasteiger partial charge is 0.336 e. The fraction of sp³-hybridized carbons (Fsp3) is 0.130. The van der Waals surface area contributed by atoms with Gasteiger partial charge in [0.15, 0.2) is 17.3 Å². The van der Waals surface area contributed by atoms with Crippen molar-refractivity contribution in [3.8, 4) is 11.5 Å². The zero-order chi connectivity index (χ0) is 22.2. The summed E-state index contributed by atoms with van der Waals surface area (Å²) in [5.74, 6) is -0.285. The number of aliphatic carboxylic acids is 1. The van der Waals surface area contributed by atoms with Crippen molar-refractivity contribution in [2.45, 2.75) is 13.3 Å². The van der Waals surface area contributed by atoms with E-state index in [-0.39, 0.29) is 30.1 Å². The van der Waals surface area contributed by atoms with Crippen molar-refractivity contribution in [2.75, 3.05) is 6.79 Å². The van der Waals surface area contributed by atoms with Gasteiger partial charge in [-0.2, -0.15) is 8.75 Å². The first-order valence-electron chi connectivity index (χ1n) is 9.67. The third-order valence-electron chi connectivity index (χ3n) is 5.10. The van der Waals surface area contributed by atoms with Gasteiger partial charge >= 0.3 is 5.97 Å². The van der Waals surface area contributed by atoms with Crippen molar-refractivity contribution in [3.63, 3.8) is 0 Å². The van der Waals surface area contributed by atoms with Crippen molar-refractivity contribution in [3.05, 3.63) is 75.0 Å². The van der Waals surface area contributed by atoms with Crippen LogP contribution in [0.1, 0.15) is 26.4 Å². The average molecular weight is 465 g/mol.